The van der Waals surface area contributed by atoms with Crippen LogP contribution in [0.4, 0.5) is 5.69 Å². The van der Waals surface area contributed by atoms with Crippen molar-refractivity contribution in [3.63, 3.8) is 0 Å². The zero-order chi connectivity index (χ0) is 11.6. The van der Waals surface area contributed by atoms with Crippen LogP contribution in [0.2, 0.25) is 0 Å². The van der Waals surface area contributed by atoms with E-state index in [0.717, 1.165) is 5.56 Å². The van der Waals surface area contributed by atoms with E-state index in [1.807, 2.05) is 0 Å². The topological polar surface area (TPSA) is 86.2 Å². The van der Waals surface area contributed by atoms with Crippen molar-refractivity contribution in [3.05, 3.63) is 29.8 Å². The van der Waals surface area contributed by atoms with Crippen LogP contribution >= 0.6 is 0 Å². The Morgan fingerprint density at radius 3 is 2.40 bits per heavy atom. The lowest BCUT2D eigenvalue weighted by molar-refractivity contribution is 0.571. The summed E-state index contributed by atoms with van der Waals surface area (Å²) >= 11 is 0. The number of hydrogen-bond acceptors (Lipinski definition) is 4. The van der Waals surface area contributed by atoms with Gasteiger partial charge in [-0.2, -0.15) is 0 Å². The van der Waals surface area contributed by atoms with Gasteiger partial charge in [0.2, 0.25) is 0 Å². The third-order valence-corrected chi connectivity index (χ3v) is 4.12. The molecule has 0 unspecified atom stereocenters. The average Bonchev–Trinajstić information content (AvgIpc) is 2.14. The van der Waals surface area contributed by atoms with Gasteiger partial charge in [0.05, 0.1) is 5.25 Å². The lowest BCUT2D eigenvalue weighted by atomic mass is 10.0. The molecule has 4 nitrogen and oxygen atoms in total. The van der Waals surface area contributed by atoms with Crippen LogP contribution in [0.1, 0.15) is 18.5 Å². The molecule has 15 heavy (non-hydrogen) atoms. The summed E-state index contributed by atoms with van der Waals surface area (Å²) in [5.41, 5.74) is 12.8. The molecule has 1 rings (SSSR count). The van der Waals surface area contributed by atoms with Crippen molar-refractivity contribution in [3.8, 4) is 0 Å². The molecule has 4 N–H and O–H groups in total. The minimum Gasteiger partial charge on any atom is -0.399 e. The van der Waals surface area contributed by atoms with Gasteiger partial charge in [-0.15, -0.1) is 0 Å². The Morgan fingerprint density at radius 2 is 1.93 bits per heavy atom. The van der Waals surface area contributed by atoms with Crippen molar-refractivity contribution < 1.29 is 8.42 Å². The molecule has 0 spiro atoms. The van der Waals surface area contributed by atoms with Gasteiger partial charge in [0.25, 0.3) is 0 Å². The lowest BCUT2D eigenvalue weighted by Crippen LogP contribution is -2.30. The number of nitrogens with two attached hydrogens (primary N) is 2. The lowest BCUT2D eigenvalue weighted by Gasteiger charge is -2.18. The summed E-state index contributed by atoms with van der Waals surface area (Å²) in [5.74, 6) is 0. The molecule has 0 aliphatic heterocycles. The summed E-state index contributed by atoms with van der Waals surface area (Å²) in [4.78, 5) is 0. The highest BCUT2D eigenvalue weighted by Gasteiger charge is 2.23. The molecule has 0 aliphatic rings. The molecule has 0 saturated heterocycles. The summed E-state index contributed by atoms with van der Waals surface area (Å²) in [7, 11) is -3.13. The van der Waals surface area contributed by atoms with Crippen LogP contribution in [-0.4, -0.2) is 19.9 Å². The van der Waals surface area contributed by atoms with Crippen LogP contribution in [0.5, 0.6) is 0 Å². The summed E-state index contributed by atoms with van der Waals surface area (Å²) in [5, 5.41) is -0.612. The zero-order valence-electron chi connectivity index (χ0n) is 8.84. The Labute approximate surface area is 90.2 Å². The Kier molecular flexibility index (Phi) is 3.36. The second kappa shape index (κ2) is 4.20. The molecule has 0 saturated carbocycles. The van der Waals surface area contributed by atoms with Crippen molar-refractivity contribution in [2.75, 3.05) is 12.0 Å². The predicted octanol–water partition coefficient (Wildman–Crippen LogP) is 0.702. The molecule has 2 atom stereocenters. The highest BCUT2D eigenvalue weighted by Crippen LogP contribution is 2.20. The Hall–Kier alpha value is -1.07. The number of anilines is 1. The maximum Gasteiger partial charge on any atom is 0.151 e. The monoisotopic (exact) mass is 228 g/mol. The summed E-state index contributed by atoms with van der Waals surface area (Å²) < 4.78 is 22.6. The summed E-state index contributed by atoms with van der Waals surface area (Å²) in [6, 6.07) is 6.44. The van der Waals surface area contributed by atoms with Crippen LogP contribution in [0, 0.1) is 0 Å². The van der Waals surface area contributed by atoms with E-state index in [1.165, 1.54) is 6.26 Å². The number of sulfone groups is 1. The first kappa shape index (κ1) is 12.0. The van der Waals surface area contributed by atoms with E-state index in [0.29, 0.717) is 5.69 Å². The molecule has 0 radical (unpaired) electrons. The van der Waals surface area contributed by atoms with E-state index in [2.05, 4.69) is 0 Å². The third kappa shape index (κ3) is 2.94. The molecule has 0 fully saturated rings. The van der Waals surface area contributed by atoms with Crippen molar-refractivity contribution >= 4 is 15.5 Å². The molecule has 1 aromatic carbocycles. The molecule has 1 aromatic rings. The Bertz CT molecular complexity index is 442. The molecule has 84 valence electrons. The van der Waals surface area contributed by atoms with Crippen molar-refractivity contribution in [1.82, 2.24) is 0 Å². The minimum absolute atomic E-state index is 0.538. The van der Waals surface area contributed by atoms with Gasteiger partial charge in [0, 0.05) is 18.0 Å². The van der Waals surface area contributed by atoms with E-state index in [4.69, 9.17) is 11.5 Å². The fourth-order valence-corrected chi connectivity index (χ4v) is 1.99. The van der Waals surface area contributed by atoms with Gasteiger partial charge >= 0.3 is 0 Å². The predicted molar refractivity (Wildman–Crippen MR) is 62.1 cm³/mol. The number of nitrogen functional groups attached to an aromatic ring is 1. The minimum atomic E-state index is -3.13. The molecule has 0 heterocycles. The van der Waals surface area contributed by atoms with Gasteiger partial charge in [0.15, 0.2) is 9.84 Å². The van der Waals surface area contributed by atoms with Crippen LogP contribution in [0.15, 0.2) is 24.3 Å². The SMILES string of the molecule is C[C@H]([C@@H](N)c1cccc(N)c1)S(C)(=O)=O. The highest BCUT2D eigenvalue weighted by molar-refractivity contribution is 7.91. The number of hydrogen-bond donors (Lipinski definition) is 2. The normalized spacial score (nSPS) is 15.9. The smallest absolute Gasteiger partial charge is 0.151 e. The average molecular weight is 228 g/mol. The zero-order valence-corrected chi connectivity index (χ0v) is 9.66. The second-order valence-electron chi connectivity index (χ2n) is 3.73. The fourth-order valence-electron chi connectivity index (χ4n) is 1.30. The van der Waals surface area contributed by atoms with E-state index in [9.17, 15) is 8.42 Å². The van der Waals surface area contributed by atoms with Gasteiger partial charge in [-0.05, 0) is 24.6 Å². The van der Waals surface area contributed by atoms with Gasteiger partial charge in [0.1, 0.15) is 0 Å². The first-order valence-electron chi connectivity index (χ1n) is 4.62. The Balaban J connectivity index is 3.00. The Morgan fingerprint density at radius 1 is 1.33 bits per heavy atom. The quantitative estimate of drug-likeness (QED) is 0.746. The van der Waals surface area contributed by atoms with Crippen molar-refractivity contribution in [1.29, 1.82) is 0 Å². The second-order valence-corrected chi connectivity index (χ2v) is 6.13. The van der Waals surface area contributed by atoms with Crippen LogP contribution in [0.25, 0.3) is 0 Å². The maximum atomic E-state index is 11.3. The molecule has 5 heteroatoms. The maximum absolute atomic E-state index is 11.3. The standard InChI is InChI=1S/C10H16N2O2S/c1-7(15(2,13)14)10(12)8-4-3-5-9(11)6-8/h3-7,10H,11-12H2,1-2H3/t7-,10-/m1/s1. The van der Waals surface area contributed by atoms with E-state index in [1.54, 1.807) is 31.2 Å². The molecule has 0 aromatic heterocycles. The molecular weight excluding hydrogens is 212 g/mol. The van der Waals surface area contributed by atoms with E-state index in [-0.39, 0.29) is 0 Å². The van der Waals surface area contributed by atoms with E-state index < -0.39 is 21.1 Å². The number of benzene rings is 1. The van der Waals surface area contributed by atoms with Gasteiger partial charge in [-0.1, -0.05) is 12.1 Å². The van der Waals surface area contributed by atoms with Crippen molar-refractivity contribution in [2.45, 2.75) is 18.2 Å². The third-order valence-electron chi connectivity index (χ3n) is 2.48. The molecule has 0 bridgehead atoms. The number of rotatable bonds is 3. The first-order valence-corrected chi connectivity index (χ1v) is 6.57. The molecular formula is C10H16N2O2S. The van der Waals surface area contributed by atoms with Gasteiger partial charge < -0.3 is 11.5 Å². The van der Waals surface area contributed by atoms with Crippen molar-refractivity contribution in [2.24, 2.45) is 5.73 Å². The summed E-state index contributed by atoms with van der Waals surface area (Å²) in [6.07, 6.45) is 1.18. The molecule has 0 aliphatic carbocycles. The van der Waals surface area contributed by atoms with Gasteiger partial charge in [-0.3, -0.25) is 0 Å². The largest absolute Gasteiger partial charge is 0.399 e. The van der Waals surface area contributed by atoms with Crippen LogP contribution in [0.3, 0.4) is 0 Å². The fraction of sp³-hybridized carbons (Fsp3) is 0.400. The highest BCUT2D eigenvalue weighted by atomic mass is 32.2. The first-order chi connectivity index (χ1) is 6.82. The van der Waals surface area contributed by atoms with E-state index >= 15 is 0 Å². The van der Waals surface area contributed by atoms with Crippen LogP contribution < -0.4 is 11.5 Å². The van der Waals surface area contributed by atoms with Gasteiger partial charge in [-0.25, -0.2) is 8.42 Å². The summed E-state index contributed by atoms with van der Waals surface area (Å²) in [6.45, 7) is 1.60. The van der Waals surface area contributed by atoms with Crippen LogP contribution in [-0.2, 0) is 9.84 Å². The molecule has 0 amide bonds.